The van der Waals surface area contributed by atoms with Gasteiger partial charge in [-0.1, -0.05) is 23.7 Å². The monoisotopic (exact) mass is 493 g/mol. The van der Waals surface area contributed by atoms with Gasteiger partial charge in [0.15, 0.2) is 12.4 Å². The molecule has 0 atom stereocenters. The van der Waals surface area contributed by atoms with Crippen molar-refractivity contribution in [2.75, 3.05) is 11.9 Å². The van der Waals surface area contributed by atoms with Crippen LogP contribution >= 0.6 is 11.6 Å². The summed E-state index contributed by atoms with van der Waals surface area (Å²) in [7, 11) is 0. The van der Waals surface area contributed by atoms with Gasteiger partial charge in [-0.2, -0.15) is 5.10 Å². The minimum atomic E-state index is -0.758. The summed E-state index contributed by atoms with van der Waals surface area (Å²) in [6, 6.07) is 16.7. The van der Waals surface area contributed by atoms with E-state index < -0.39 is 34.4 Å². The summed E-state index contributed by atoms with van der Waals surface area (Å²) in [6.07, 6.45) is 1.13. The molecule has 1 amide bonds. The molecule has 0 saturated heterocycles. The zero-order valence-corrected chi connectivity index (χ0v) is 18.6. The maximum absolute atomic E-state index is 12.6. The number of benzene rings is 3. The Balaban J connectivity index is 1.52. The lowest BCUT2D eigenvalue weighted by Crippen LogP contribution is -2.32. The average molecular weight is 494 g/mol. The van der Waals surface area contributed by atoms with Gasteiger partial charge in [0.1, 0.15) is 0 Å². The first-order valence-corrected chi connectivity index (χ1v) is 10.4. The number of ether oxygens (including phenoxy) is 1. The van der Waals surface area contributed by atoms with Crippen molar-refractivity contribution in [3.05, 3.63) is 108 Å². The summed E-state index contributed by atoms with van der Waals surface area (Å²) >= 11 is 5.80. The van der Waals surface area contributed by atoms with E-state index in [0.29, 0.717) is 20.9 Å². The number of halogens is 1. The molecule has 1 aromatic heterocycles. The molecule has 35 heavy (non-hydrogen) atoms. The fourth-order valence-electron chi connectivity index (χ4n) is 3.14. The van der Waals surface area contributed by atoms with Crippen molar-refractivity contribution in [2.24, 2.45) is 5.10 Å². The van der Waals surface area contributed by atoms with Gasteiger partial charge in [-0.3, -0.25) is 19.7 Å². The Kier molecular flexibility index (Phi) is 6.69. The van der Waals surface area contributed by atoms with Crippen molar-refractivity contribution >= 4 is 46.0 Å². The zero-order valence-electron chi connectivity index (χ0n) is 17.8. The van der Waals surface area contributed by atoms with Gasteiger partial charge in [-0.05, 0) is 48.5 Å². The Bertz CT molecular complexity index is 1580. The lowest BCUT2D eigenvalue weighted by atomic mass is 10.2. The number of nitro groups is 1. The van der Waals surface area contributed by atoms with Crippen LogP contribution in [0.1, 0.15) is 5.56 Å². The van der Waals surface area contributed by atoms with Crippen LogP contribution in [0, 0.1) is 10.1 Å². The van der Waals surface area contributed by atoms with Crippen LogP contribution < -0.4 is 21.3 Å². The summed E-state index contributed by atoms with van der Waals surface area (Å²) in [6.45, 7) is -0.473. The van der Waals surface area contributed by atoms with Crippen LogP contribution in [0.3, 0.4) is 0 Å². The third-order valence-corrected chi connectivity index (χ3v) is 5.02. The number of fused-ring (bicyclic) bond motifs is 1. The number of hydrogen-bond acceptors (Lipinski definition) is 7. The van der Waals surface area contributed by atoms with Crippen molar-refractivity contribution in [3.8, 4) is 5.75 Å². The Morgan fingerprint density at radius 3 is 2.63 bits per heavy atom. The highest BCUT2D eigenvalue weighted by atomic mass is 35.5. The molecular formula is C23H16ClN5O6. The quantitative estimate of drug-likeness (QED) is 0.229. The number of anilines is 1. The number of carbonyl (C=O) groups is 1. The van der Waals surface area contributed by atoms with Crippen LogP contribution in [0.15, 0.2) is 81.4 Å². The number of nitro benzene ring substituents is 1. The second-order valence-electron chi connectivity index (χ2n) is 7.17. The van der Waals surface area contributed by atoms with Gasteiger partial charge in [-0.15, -0.1) is 4.68 Å². The molecule has 3 aromatic carbocycles. The summed E-state index contributed by atoms with van der Waals surface area (Å²) in [5, 5.41) is 18.8. The van der Waals surface area contributed by atoms with E-state index >= 15 is 0 Å². The highest BCUT2D eigenvalue weighted by molar-refractivity contribution is 6.30. The highest BCUT2D eigenvalue weighted by Crippen LogP contribution is 2.27. The normalized spacial score (nSPS) is 11.0. The number of H-pyrrole nitrogens is 1. The molecule has 11 nitrogen and oxygen atoms in total. The molecule has 0 spiro atoms. The van der Waals surface area contributed by atoms with Gasteiger partial charge < -0.3 is 15.0 Å². The van der Waals surface area contributed by atoms with Crippen LogP contribution in [0.5, 0.6) is 5.75 Å². The van der Waals surface area contributed by atoms with E-state index in [9.17, 15) is 24.5 Å². The fraction of sp³-hybridized carbons (Fsp3) is 0.0435. The Hall–Kier alpha value is -4.77. The first-order chi connectivity index (χ1) is 16.8. The molecule has 0 aliphatic rings. The number of para-hydroxylation sites is 1. The number of amides is 1. The van der Waals surface area contributed by atoms with Crippen LogP contribution in [0.4, 0.5) is 11.4 Å². The molecule has 0 unspecified atom stereocenters. The average Bonchev–Trinajstić information content (AvgIpc) is 2.84. The number of carbonyl (C=O) groups excluding carboxylic acids is 1. The maximum atomic E-state index is 12.6. The Labute approximate surface area is 201 Å². The molecule has 0 aliphatic carbocycles. The van der Waals surface area contributed by atoms with E-state index in [1.54, 1.807) is 48.5 Å². The van der Waals surface area contributed by atoms with E-state index in [1.165, 1.54) is 12.1 Å². The minimum absolute atomic E-state index is 0.140. The van der Waals surface area contributed by atoms with Gasteiger partial charge in [0.2, 0.25) is 0 Å². The minimum Gasteiger partial charge on any atom is -0.477 e. The standard InChI is InChI=1S/C23H16ClN5O6/c24-15-6-8-16(9-7-15)26-21(30)13-35-20-10-5-14(11-19(20)29(33)34)12-25-28-22(31)17-3-1-2-4-18(17)27-23(28)32/h1-12H,13H2,(H,26,30)(H,27,32). The number of nitrogens with zero attached hydrogens (tertiary/aromatic N) is 3. The van der Waals surface area contributed by atoms with E-state index in [4.69, 9.17) is 16.3 Å². The number of nitrogens with one attached hydrogen (secondary N) is 2. The first-order valence-electron chi connectivity index (χ1n) is 10.1. The van der Waals surface area contributed by atoms with E-state index in [0.717, 1.165) is 12.3 Å². The topological polar surface area (TPSA) is 149 Å². The third-order valence-electron chi connectivity index (χ3n) is 4.77. The van der Waals surface area contributed by atoms with Crippen LogP contribution in [0.2, 0.25) is 5.02 Å². The smallest absolute Gasteiger partial charge is 0.349 e. The lowest BCUT2D eigenvalue weighted by Gasteiger charge is -2.08. The van der Waals surface area contributed by atoms with Gasteiger partial charge >= 0.3 is 11.4 Å². The van der Waals surface area contributed by atoms with E-state index in [2.05, 4.69) is 15.4 Å². The summed E-state index contributed by atoms with van der Waals surface area (Å²) in [4.78, 5) is 50.3. The Morgan fingerprint density at radius 1 is 1.14 bits per heavy atom. The first kappa shape index (κ1) is 23.4. The predicted octanol–water partition coefficient (Wildman–Crippen LogP) is 3.15. The van der Waals surface area contributed by atoms with Crippen LogP contribution in [0.25, 0.3) is 10.9 Å². The summed E-state index contributed by atoms with van der Waals surface area (Å²) in [5.74, 6) is -0.665. The predicted molar refractivity (Wildman–Crippen MR) is 130 cm³/mol. The van der Waals surface area contributed by atoms with Crippen molar-refractivity contribution in [3.63, 3.8) is 0 Å². The molecule has 1 heterocycles. The molecule has 0 fully saturated rings. The second-order valence-corrected chi connectivity index (χ2v) is 7.60. The molecule has 0 radical (unpaired) electrons. The van der Waals surface area contributed by atoms with Crippen molar-refractivity contribution in [1.29, 1.82) is 0 Å². The van der Waals surface area contributed by atoms with Crippen molar-refractivity contribution in [2.45, 2.75) is 0 Å². The number of rotatable bonds is 7. The SMILES string of the molecule is O=C(COc1ccc(C=Nn2c(=O)[nH]c3ccccc3c2=O)cc1[N+](=O)[O-])Nc1ccc(Cl)cc1. The van der Waals surface area contributed by atoms with E-state index in [-0.39, 0.29) is 16.7 Å². The number of hydrogen-bond donors (Lipinski definition) is 2. The molecule has 176 valence electrons. The zero-order chi connectivity index (χ0) is 24.9. The number of aromatic nitrogens is 2. The fourth-order valence-corrected chi connectivity index (χ4v) is 3.26. The Morgan fingerprint density at radius 2 is 1.89 bits per heavy atom. The molecule has 4 aromatic rings. The molecule has 2 N–H and O–H groups in total. The molecule has 0 saturated carbocycles. The van der Waals surface area contributed by atoms with Gasteiger partial charge in [0.05, 0.1) is 22.0 Å². The van der Waals surface area contributed by atoms with Gasteiger partial charge in [0, 0.05) is 22.3 Å². The van der Waals surface area contributed by atoms with Gasteiger partial charge in [-0.25, -0.2) is 4.79 Å². The summed E-state index contributed by atoms with van der Waals surface area (Å²) < 4.78 is 5.95. The van der Waals surface area contributed by atoms with Crippen molar-refractivity contribution < 1.29 is 14.5 Å². The highest BCUT2D eigenvalue weighted by Gasteiger charge is 2.17. The molecule has 4 rings (SSSR count). The van der Waals surface area contributed by atoms with Crippen molar-refractivity contribution in [1.82, 2.24) is 9.66 Å². The van der Waals surface area contributed by atoms with Crippen LogP contribution in [-0.2, 0) is 4.79 Å². The molecule has 0 bridgehead atoms. The molecule has 0 aliphatic heterocycles. The summed E-state index contributed by atoms with van der Waals surface area (Å²) in [5.41, 5.74) is -0.732. The maximum Gasteiger partial charge on any atom is 0.349 e. The number of aromatic amines is 1. The molecular weight excluding hydrogens is 478 g/mol. The lowest BCUT2D eigenvalue weighted by molar-refractivity contribution is -0.385. The largest absolute Gasteiger partial charge is 0.477 e. The van der Waals surface area contributed by atoms with Gasteiger partial charge in [0.25, 0.3) is 11.5 Å². The second kappa shape index (κ2) is 10.0. The van der Waals surface area contributed by atoms with Crippen LogP contribution in [-0.4, -0.2) is 33.3 Å². The molecule has 12 heteroatoms. The third kappa shape index (κ3) is 5.42. The van der Waals surface area contributed by atoms with E-state index in [1.807, 2.05) is 0 Å².